The van der Waals surface area contributed by atoms with Crippen molar-refractivity contribution >= 4 is 17.2 Å². The molecule has 1 aliphatic heterocycles. The summed E-state index contributed by atoms with van der Waals surface area (Å²) in [5.41, 5.74) is 7.84. The minimum absolute atomic E-state index is 0.0528. The number of amides is 1. The molecule has 2 aromatic heterocycles. The molecule has 4 aromatic rings. The summed E-state index contributed by atoms with van der Waals surface area (Å²) in [7, 11) is 0. The lowest BCUT2D eigenvalue weighted by Crippen LogP contribution is -2.43. The molecule has 0 bridgehead atoms. The van der Waals surface area contributed by atoms with E-state index in [9.17, 15) is 4.79 Å². The first-order chi connectivity index (χ1) is 16.5. The number of carbonyl (C=O) groups is 1. The molecule has 2 aromatic carbocycles. The summed E-state index contributed by atoms with van der Waals surface area (Å²) in [5, 5.41) is 7.95. The summed E-state index contributed by atoms with van der Waals surface area (Å²) in [4.78, 5) is 19.9. The molecule has 6 nitrogen and oxygen atoms in total. The van der Waals surface area contributed by atoms with E-state index in [1.807, 2.05) is 10.7 Å². The Hall–Kier alpha value is -3.67. The van der Waals surface area contributed by atoms with Crippen LogP contribution in [0.3, 0.4) is 0 Å². The Bertz CT molecular complexity index is 1320. The lowest BCUT2D eigenvalue weighted by molar-refractivity contribution is -0.125. The quantitative estimate of drug-likeness (QED) is 0.469. The Balaban J connectivity index is 1.34. The first-order valence-electron chi connectivity index (χ1n) is 12.0. The van der Waals surface area contributed by atoms with E-state index in [1.54, 1.807) is 6.20 Å². The Labute approximate surface area is 200 Å². The lowest BCUT2D eigenvalue weighted by Gasteiger charge is -2.33. The maximum absolute atomic E-state index is 13.0. The lowest BCUT2D eigenvalue weighted by atomic mass is 9.97. The Morgan fingerprint density at radius 3 is 2.65 bits per heavy atom. The molecule has 0 aliphatic carbocycles. The number of hydrogen-bond acceptors (Lipinski definition) is 4. The number of fused-ring (bicyclic) bond motifs is 1. The van der Waals surface area contributed by atoms with Crippen molar-refractivity contribution in [3.8, 4) is 11.3 Å². The maximum atomic E-state index is 13.0. The van der Waals surface area contributed by atoms with E-state index in [2.05, 4.69) is 79.5 Å². The number of piperidine rings is 1. The Morgan fingerprint density at radius 1 is 1.06 bits per heavy atom. The molecule has 6 heteroatoms. The standard InChI is InChI=1S/C28H31N5O/c1-19-6-9-22(10-7-19)17-30-28(34)23-5-4-13-32(18-23)27-26-16-25(31-33(26)14-12-29-27)24-11-8-20(2)15-21(24)3/h6-12,14-16,23H,4-5,13,17-18H2,1-3H3,(H,30,34)/t23-/m0/s1. The second-order valence-electron chi connectivity index (χ2n) is 9.42. The zero-order valence-electron chi connectivity index (χ0n) is 20.1. The third kappa shape index (κ3) is 4.53. The van der Waals surface area contributed by atoms with Gasteiger partial charge in [-0.15, -0.1) is 0 Å². The molecule has 174 valence electrons. The molecule has 0 unspecified atom stereocenters. The van der Waals surface area contributed by atoms with Crippen LogP contribution in [0, 0.1) is 26.7 Å². The Kier molecular flexibility index (Phi) is 6.05. The van der Waals surface area contributed by atoms with E-state index in [1.165, 1.54) is 16.7 Å². The summed E-state index contributed by atoms with van der Waals surface area (Å²) in [6, 6.07) is 16.8. The molecule has 0 radical (unpaired) electrons. The molecule has 1 saturated heterocycles. The van der Waals surface area contributed by atoms with E-state index in [0.29, 0.717) is 13.1 Å². The summed E-state index contributed by atoms with van der Waals surface area (Å²) in [6.07, 6.45) is 5.54. The van der Waals surface area contributed by atoms with Crippen molar-refractivity contribution in [3.05, 3.63) is 83.2 Å². The predicted octanol–water partition coefficient (Wildman–Crippen LogP) is 4.85. The number of anilines is 1. The van der Waals surface area contributed by atoms with Crippen LogP contribution < -0.4 is 10.2 Å². The van der Waals surface area contributed by atoms with Crippen LogP contribution in [0.2, 0.25) is 0 Å². The molecule has 0 saturated carbocycles. The van der Waals surface area contributed by atoms with Gasteiger partial charge < -0.3 is 10.2 Å². The number of benzene rings is 2. The second kappa shape index (κ2) is 9.29. The Morgan fingerprint density at radius 2 is 1.85 bits per heavy atom. The molecule has 1 N–H and O–H groups in total. The van der Waals surface area contributed by atoms with Crippen LogP contribution in [0.15, 0.2) is 60.9 Å². The van der Waals surface area contributed by atoms with Crippen LogP contribution in [0.5, 0.6) is 0 Å². The summed E-state index contributed by atoms with van der Waals surface area (Å²) in [6.45, 7) is 8.40. The first-order valence-corrected chi connectivity index (χ1v) is 12.0. The number of carbonyl (C=O) groups excluding carboxylic acids is 1. The van der Waals surface area contributed by atoms with Crippen molar-refractivity contribution < 1.29 is 4.79 Å². The van der Waals surface area contributed by atoms with Crippen LogP contribution in [0.25, 0.3) is 16.8 Å². The average molecular weight is 454 g/mol. The molecular weight excluding hydrogens is 422 g/mol. The monoisotopic (exact) mass is 453 g/mol. The number of aromatic nitrogens is 3. The van der Waals surface area contributed by atoms with Gasteiger partial charge in [0.2, 0.25) is 5.91 Å². The van der Waals surface area contributed by atoms with Crippen LogP contribution in [-0.4, -0.2) is 33.6 Å². The average Bonchev–Trinajstić information content (AvgIpc) is 3.27. The van der Waals surface area contributed by atoms with Gasteiger partial charge in [0.1, 0.15) is 5.52 Å². The molecule has 5 rings (SSSR count). The summed E-state index contributed by atoms with van der Waals surface area (Å²) < 4.78 is 1.90. The van der Waals surface area contributed by atoms with Crippen LogP contribution in [0.1, 0.15) is 35.1 Å². The van der Waals surface area contributed by atoms with Crippen LogP contribution in [0.4, 0.5) is 5.82 Å². The molecule has 3 heterocycles. The van der Waals surface area contributed by atoms with Gasteiger partial charge in [-0.05, 0) is 50.8 Å². The number of rotatable bonds is 5. The van der Waals surface area contributed by atoms with E-state index >= 15 is 0 Å². The van der Waals surface area contributed by atoms with Gasteiger partial charge in [-0.1, -0.05) is 53.6 Å². The highest BCUT2D eigenvalue weighted by atomic mass is 16.1. The first kappa shape index (κ1) is 22.1. The molecular formula is C28H31N5O. The summed E-state index contributed by atoms with van der Waals surface area (Å²) >= 11 is 0. The van der Waals surface area contributed by atoms with Crippen molar-refractivity contribution in [2.24, 2.45) is 5.92 Å². The summed E-state index contributed by atoms with van der Waals surface area (Å²) in [5.74, 6) is 0.951. The zero-order chi connectivity index (χ0) is 23.7. The van der Waals surface area contributed by atoms with E-state index < -0.39 is 0 Å². The van der Waals surface area contributed by atoms with E-state index in [-0.39, 0.29) is 11.8 Å². The number of aryl methyl sites for hydroxylation is 3. The fraction of sp³-hybridized carbons (Fsp3) is 0.321. The predicted molar refractivity (Wildman–Crippen MR) is 136 cm³/mol. The maximum Gasteiger partial charge on any atom is 0.225 e. The van der Waals surface area contributed by atoms with Crippen molar-refractivity contribution in [2.45, 2.75) is 40.2 Å². The van der Waals surface area contributed by atoms with Gasteiger partial charge in [0.15, 0.2) is 5.82 Å². The number of hydrogen-bond donors (Lipinski definition) is 1. The highest BCUT2D eigenvalue weighted by Gasteiger charge is 2.27. The minimum Gasteiger partial charge on any atom is -0.354 e. The van der Waals surface area contributed by atoms with Gasteiger partial charge in [0.05, 0.1) is 11.6 Å². The molecule has 0 spiro atoms. The van der Waals surface area contributed by atoms with Crippen molar-refractivity contribution in [1.29, 1.82) is 0 Å². The van der Waals surface area contributed by atoms with Gasteiger partial charge in [0.25, 0.3) is 0 Å². The zero-order valence-corrected chi connectivity index (χ0v) is 20.1. The van der Waals surface area contributed by atoms with Gasteiger partial charge in [-0.25, -0.2) is 9.50 Å². The second-order valence-corrected chi connectivity index (χ2v) is 9.42. The third-order valence-electron chi connectivity index (χ3n) is 6.71. The van der Waals surface area contributed by atoms with Crippen molar-refractivity contribution in [1.82, 2.24) is 19.9 Å². The largest absolute Gasteiger partial charge is 0.354 e. The van der Waals surface area contributed by atoms with Gasteiger partial charge in [-0.2, -0.15) is 5.10 Å². The number of nitrogens with zero attached hydrogens (tertiary/aromatic N) is 4. The smallest absolute Gasteiger partial charge is 0.225 e. The van der Waals surface area contributed by atoms with Gasteiger partial charge >= 0.3 is 0 Å². The SMILES string of the molecule is Cc1ccc(CNC(=O)[C@H]2CCCN(c3nccn4nc(-c5ccc(C)cc5C)cc34)C2)cc1. The molecule has 34 heavy (non-hydrogen) atoms. The molecule has 1 atom stereocenters. The van der Waals surface area contributed by atoms with Crippen LogP contribution in [-0.2, 0) is 11.3 Å². The molecule has 1 amide bonds. The number of nitrogens with one attached hydrogen (secondary N) is 1. The fourth-order valence-electron chi connectivity index (χ4n) is 4.81. The highest BCUT2D eigenvalue weighted by molar-refractivity contribution is 5.81. The van der Waals surface area contributed by atoms with Crippen molar-refractivity contribution in [2.75, 3.05) is 18.0 Å². The topological polar surface area (TPSA) is 62.5 Å². The third-order valence-corrected chi connectivity index (χ3v) is 6.71. The minimum atomic E-state index is -0.0528. The van der Waals surface area contributed by atoms with Crippen molar-refractivity contribution in [3.63, 3.8) is 0 Å². The van der Waals surface area contributed by atoms with E-state index in [4.69, 9.17) is 10.1 Å². The normalized spacial score (nSPS) is 16.1. The fourth-order valence-corrected chi connectivity index (χ4v) is 4.81. The molecule has 1 aliphatic rings. The molecule has 1 fully saturated rings. The van der Waals surface area contributed by atoms with Gasteiger partial charge in [0, 0.05) is 37.6 Å². The van der Waals surface area contributed by atoms with Gasteiger partial charge in [-0.3, -0.25) is 4.79 Å². The highest BCUT2D eigenvalue weighted by Crippen LogP contribution is 2.30. The van der Waals surface area contributed by atoms with Crippen LogP contribution >= 0.6 is 0 Å². The van der Waals surface area contributed by atoms with E-state index in [0.717, 1.165) is 47.5 Å².